The van der Waals surface area contributed by atoms with Gasteiger partial charge in [0.05, 0.1) is 25.2 Å². The van der Waals surface area contributed by atoms with E-state index in [9.17, 15) is 19.2 Å². The molecule has 1 unspecified atom stereocenters. The number of piperidine rings is 2. The summed E-state index contributed by atoms with van der Waals surface area (Å²) in [7, 11) is 5.18. The predicted octanol–water partition coefficient (Wildman–Crippen LogP) is 4.36. The number of ether oxygens (including phenoxy) is 2. The number of hydrogen-bond donors (Lipinski definition) is 1. The average Bonchev–Trinajstić information content (AvgIpc) is 3.95. The van der Waals surface area contributed by atoms with Crippen LogP contribution in [0.2, 0.25) is 0 Å². The molecule has 1 N–H and O–H groups in total. The molecule has 2 aromatic heterocycles. The van der Waals surface area contributed by atoms with Crippen LogP contribution in [0.3, 0.4) is 0 Å². The molecule has 1 spiro atoms. The van der Waals surface area contributed by atoms with E-state index in [-0.39, 0.29) is 35.1 Å². The van der Waals surface area contributed by atoms with Crippen LogP contribution in [-0.2, 0) is 29.7 Å². The largest absolute Gasteiger partial charge is 0.496 e. The lowest BCUT2D eigenvalue weighted by Gasteiger charge is -2.55. The number of hydrogen-bond acceptors (Lipinski definition) is 9. The number of anilines is 1. The minimum Gasteiger partial charge on any atom is -0.496 e. The Bertz CT molecular complexity index is 2220. The number of amides is 3. The lowest BCUT2D eigenvalue weighted by Crippen LogP contribution is -2.60. The summed E-state index contributed by atoms with van der Waals surface area (Å²) >= 11 is 0. The molecule has 0 radical (unpaired) electrons. The van der Waals surface area contributed by atoms with Crippen LogP contribution in [0.5, 0.6) is 11.5 Å². The molecule has 12 heteroatoms. The number of rotatable bonds is 8. The first-order valence-electron chi connectivity index (χ1n) is 18.6. The molecule has 9 rings (SSSR count). The van der Waals surface area contributed by atoms with Crippen LogP contribution in [0.1, 0.15) is 71.6 Å². The zero-order valence-electron chi connectivity index (χ0n) is 30.4. The predicted molar refractivity (Wildman–Crippen MR) is 199 cm³/mol. The van der Waals surface area contributed by atoms with Gasteiger partial charge < -0.3 is 23.8 Å². The van der Waals surface area contributed by atoms with Crippen molar-refractivity contribution in [1.82, 2.24) is 24.7 Å². The van der Waals surface area contributed by atoms with Gasteiger partial charge in [0.25, 0.3) is 11.5 Å². The maximum absolute atomic E-state index is 13.2. The first kappa shape index (κ1) is 33.6. The van der Waals surface area contributed by atoms with Gasteiger partial charge in [0.1, 0.15) is 17.5 Å². The number of imide groups is 1. The van der Waals surface area contributed by atoms with Crippen LogP contribution in [0.4, 0.5) is 5.69 Å². The van der Waals surface area contributed by atoms with Crippen LogP contribution in [-0.4, -0.2) is 83.5 Å². The van der Waals surface area contributed by atoms with Gasteiger partial charge in [-0.1, -0.05) is 0 Å². The van der Waals surface area contributed by atoms with Crippen molar-refractivity contribution in [1.29, 1.82) is 0 Å². The van der Waals surface area contributed by atoms with Gasteiger partial charge in [0.2, 0.25) is 11.8 Å². The van der Waals surface area contributed by atoms with E-state index in [1.54, 1.807) is 36.9 Å². The molecule has 1 aliphatic carbocycles. The minimum absolute atomic E-state index is 0.0614. The number of fused-ring (bicyclic) bond motifs is 2. The number of aryl methyl sites for hydroxylation is 1. The number of nitrogens with zero attached hydrogens (tertiary/aromatic N) is 5. The maximum Gasteiger partial charge on any atom is 0.259 e. The number of likely N-dealkylation sites (tertiary alicyclic amines) is 1. The zero-order valence-corrected chi connectivity index (χ0v) is 30.4. The minimum atomic E-state index is -0.606. The first-order valence-corrected chi connectivity index (χ1v) is 18.6. The van der Waals surface area contributed by atoms with Gasteiger partial charge in [0, 0.05) is 85.9 Å². The summed E-state index contributed by atoms with van der Waals surface area (Å²) in [6.07, 6.45) is 8.68. The topological polar surface area (TPSA) is 126 Å². The van der Waals surface area contributed by atoms with Crippen molar-refractivity contribution in [2.75, 3.05) is 45.3 Å². The van der Waals surface area contributed by atoms with E-state index in [2.05, 4.69) is 44.4 Å². The van der Waals surface area contributed by atoms with E-state index in [1.165, 1.54) is 0 Å². The number of nitrogens with one attached hydrogen (secondary N) is 1. The Kier molecular flexibility index (Phi) is 8.06. The second-order valence-corrected chi connectivity index (χ2v) is 15.6. The number of carbonyl (C=O) groups excluding carboxylic acids is 3. The molecule has 4 aromatic rings. The summed E-state index contributed by atoms with van der Waals surface area (Å²) in [4.78, 5) is 61.4. The quantitative estimate of drug-likeness (QED) is 0.265. The van der Waals surface area contributed by atoms with Crippen LogP contribution in [0.25, 0.3) is 21.9 Å². The van der Waals surface area contributed by atoms with E-state index in [0.29, 0.717) is 36.4 Å². The molecular formula is C41H44N6O6. The standard InChI is InChI=1S/C41H44N6O6/c1-44-20-31(29-17-33(24-4-5-24)42-18-30(29)39(44)50)25-15-35(52-2)32(36(16-25)53-3)21-45-12-10-41(11-13-45)22-46(23-41)27-6-7-28-26(14-27)19-47(40(28)51)34-8-9-37(48)43-38(34)49/h6-7,14-18,20,24,34H,4-5,8-13,19,21-23H2,1-3H3,(H,43,48,49). The molecular weight excluding hydrogens is 672 g/mol. The van der Waals surface area contributed by atoms with Gasteiger partial charge in [0.15, 0.2) is 0 Å². The highest BCUT2D eigenvalue weighted by Crippen LogP contribution is 2.45. The fraction of sp³-hybridized carbons (Fsp3) is 0.439. The maximum atomic E-state index is 13.2. The molecule has 12 nitrogen and oxygen atoms in total. The Morgan fingerprint density at radius 1 is 0.906 bits per heavy atom. The van der Waals surface area contributed by atoms with Crippen molar-refractivity contribution in [2.24, 2.45) is 12.5 Å². The average molecular weight is 717 g/mol. The van der Waals surface area contributed by atoms with E-state index in [4.69, 9.17) is 9.47 Å². The Balaban J connectivity index is 0.874. The molecule has 4 aliphatic heterocycles. The van der Waals surface area contributed by atoms with Crippen molar-refractivity contribution in [3.63, 3.8) is 0 Å². The molecule has 4 fully saturated rings. The first-order chi connectivity index (χ1) is 25.6. The van der Waals surface area contributed by atoms with E-state index in [1.807, 2.05) is 18.3 Å². The van der Waals surface area contributed by atoms with Crippen molar-refractivity contribution < 1.29 is 23.9 Å². The third-order valence-electron chi connectivity index (χ3n) is 12.2. The fourth-order valence-corrected chi connectivity index (χ4v) is 8.93. The SMILES string of the molecule is COc1cc(-c2cn(C)c(=O)c3cnc(C4CC4)cc23)cc(OC)c1CN1CCC2(CC1)CN(c1ccc3c(c1)CN(C1CCC(=O)NC1=O)C3=O)C2. The second-order valence-electron chi connectivity index (χ2n) is 15.6. The molecule has 1 atom stereocenters. The van der Waals surface area contributed by atoms with Crippen molar-refractivity contribution >= 4 is 34.2 Å². The van der Waals surface area contributed by atoms with Crippen LogP contribution in [0, 0.1) is 5.41 Å². The van der Waals surface area contributed by atoms with Crippen LogP contribution in [0.15, 0.2) is 53.6 Å². The Hall–Kier alpha value is -5.23. The van der Waals surface area contributed by atoms with Crippen molar-refractivity contribution in [3.8, 4) is 22.6 Å². The highest BCUT2D eigenvalue weighted by atomic mass is 16.5. The summed E-state index contributed by atoms with van der Waals surface area (Å²) in [6, 6.07) is 11.6. The van der Waals surface area contributed by atoms with Crippen molar-refractivity contribution in [3.05, 3.63) is 81.5 Å². The molecule has 53 heavy (non-hydrogen) atoms. The van der Waals surface area contributed by atoms with E-state index >= 15 is 0 Å². The number of aromatic nitrogens is 2. The van der Waals surface area contributed by atoms with Gasteiger partial charge in [-0.2, -0.15) is 0 Å². The van der Waals surface area contributed by atoms with Crippen LogP contribution < -0.4 is 25.2 Å². The highest BCUT2D eigenvalue weighted by Gasteiger charge is 2.46. The molecule has 3 amide bonds. The third-order valence-corrected chi connectivity index (χ3v) is 12.2. The summed E-state index contributed by atoms with van der Waals surface area (Å²) in [5.41, 5.74) is 6.81. The summed E-state index contributed by atoms with van der Waals surface area (Å²) < 4.78 is 13.6. The monoisotopic (exact) mass is 716 g/mol. The molecule has 2 aromatic carbocycles. The Morgan fingerprint density at radius 2 is 1.64 bits per heavy atom. The number of pyridine rings is 2. The lowest BCUT2D eigenvalue weighted by molar-refractivity contribution is -0.136. The molecule has 5 aliphatic rings. The fourth-order valence-electron chi connectivity index (χ4n) is 8.93. The molecule has 6 heterocycles. The van der Waals surface area contributed by atoms with E-state index in [0.717, 1.165) is 102 Å². The second kappa shape index (κ2) is 12.7. The summed E-state index contributed by atoms with van der Waals surface area (Å²) in [6.45, 7) is 4.96. The summed E-state index contributed by atoms with van der Waals surface area (Å²) in [5, 5.41) is 3.89. The van der Waals surface area contributed by atoms with Gasteiger partial charge in [-0.3, -0.25) is 34.4 Å². The Labute approximate surface area is 307 Å². The molecule has 3 saturated heterocycles. The molecule has 1 saturated carbocycles. The van der Waals surface area contributed by atoms with E-state index < -0.39 is 6.04 Å². The smallest absolute Gasteiger partial charge is 0.259 e. The number of benzene rings is 2. The van der Waals surface area contributed by atoms with Gasteiger partial charge in [-0.15, -0.1) is 0 Å². The van der Waals surface area contributed by atoms with Crippen molar-refractivity contribution in [2.45, 2.75) is 63.6 Å². The summed E-state index contributed by atoms with van der Waals surface area (Å²) in [5.74, 6) is 1.19. The van der Waals surface area contributed by atoms with Gasteiger partial charge in [-0.25, -0.2) is 0 Å². The lowest BCUT2D eigenvalue weighted by atomic mass is 9.71. The highest BCUT2D eigenvalue weighted by molar-refractivity contribution is 6.05. The normalized spacial score (nSPS) is 21.2. The third kappa shape index (κ3) is 5.83. The van der Waals surface area contributed by atoms with Gasteiger partial charge in [-0.05, 0) is 98.1 Å². The van der Waals surface area contributed by atoms with Crippen LogP contribution >= 0.6 is 0 Å². The van der Waals surface area contributed by atoms with Gasteiger partial charge >= 0.3 is 0 Å². The molecule has 274 valence electrons. The zero-order chi connectivity index (χ0) is 36.6. The number of carbonyl (C=O) groups is 3. The molecule has 0 bridgehead atoms. The number of methoxy groups -OCH3 is 2. The Morgan fingerprint density at radius 3 is 2.32 bits per heavy atom.